The van der Waals surface area contributed by atoms with Crippen molar-refractivity contribution in [1.82, 2.24) is 0 Å². The first kappa shape index (κ1) is 23.4. The molecule has 32 heavy (non-hydrogen) atoms. The molecule has 1 N–H and O–H groups in total. The van der Waals surface area contributed by atoms with Gasteiger partial charge in [-0.15, -0.1) is 0 Å². The second kappa shape index (κ2) is 10.4. The van der Waals surface area contributed by atoms with Gasteiger partial charge in [0.25, 0.3) is 11.1 Å². The van der Waals surface area contributed by atoms with Crippen molar-refractivity contribution in [3.8, 4) is 5.75 Å². The Labute approximate surface area is 191 Å². The normalized spacial score (nSPS) is 15.8. The number of carboxylic acid groups (broad SMARTS) is 1. The highest BCUT2D eigenvalue weighted by Crippen LogP contribution is 2.36. The van der Waals surface area contributed by atoms with Crippen LogP contribution in [-0.2, 0) is 9.59 Å². The molecule has 1 saturated heterocycles. The number of anilines is 2. The molecule has 0 spiro atoms. The van der Waals surface area contributed by atoms with E-state index >= 15 is 0 Å². The molecule has 0 aliphatic carbocycles. The lowest BCUT2D eigenvalue weighted by Crippen LogP contribution is -2.28. The summed E-state index contributed by atoms with van der Waals surface area (Å²) in [5.74, 6) is -0.957. The number of hydrogen-bond acceptors (Lipinski definition) is 6. The van der Waals surface area contributed by atoms with E-state index in [0.29, 0.717) is 28.3 Å². The van der Waals surface area contributed by atoms with Crippen LogP contribution < -0.4 is 14.5 Å². The Morgan fingerprint density at radius 1 is 1.06 bits per heavy atom. The van der Waals surface area contributed by atoms with Crippen LogP contribution in [0.1, 0.15) is 32.8 Å². The van der Waals surface area contributed by atoms with Gasteiger partial charge in [0, 0.05) is 18.8 Å². The number of imide groups is 1. The molecule has 2 amide bonds. The Hall–Kier alpha value is -3.26. The summed E-state index contributed by atoms with van der Waals surface area (Å²) in [5.41, 5.74) is 2.29. The second-order valence-corrected chi connectivity index (χ2v) is 8.12. The van der Waals surface area contributed by atoms with Crippen LogP contribution >= 0.6 is 11.8 Å². The molecule has 0 radical (unpaired) electrons. The van der Waals surface area contributed by atoms with Crippen LogP contribution in [0, 0.1) is 0 Å². The number of aliphatic carboxylic acids is 1. The first-order valence-corrected chi connectivity index (χ1v) is 11.3. The third-order valence-corrected chi connectivity index (χ3v) is 6.00. The van der Waals surface area contributed by atoms with E-state index in [1.807, 2.05) is 12.1 Å². The van der Waals surface area contributed by atoms with Crippen molar-refractivity contribution >= 4 is 46.3 Å². The van der Waals surface area contributed by atoms with Gasteiger partial charge in [0.05, 0.1) is 10.6 Å². The highest BCUT2D eigenvalue weighted by Gasteiger charge is 2.36. The molecule has 168 valence electrons. The van der Waals surface area contributed by atoms with E-state index in [1.165, 1.54) is 4.90 Å². The third kappa shape index (κ3) is 5.13. The number of thioether (sulfide) groups is 1. The summed E-state index contributed by atoms with van der Waals surface area (Å²) in [4.78, 5) is 40.2. The zero-order valence-electron chi connectivity index (χ0n) is 18.3. The summed E-state index contributed by atoms with van der Waals surface area (Å²) in [7, 11) is 0. The van der Waals surface area contributed by atoms with Crippen LogP contribution in [0.25, 0.3) is 6.08 Å². The number of hydrogen-bond donors (Lipinski definition) is 1. The molecule has 1 atom stereocenters. The van der Waals surface area contributed by atoms with Crippen LogP contribution in [0.3, 0.4) is 0 Å². The molecule has 2 aromatic rings. The van der Waals surface area contributed by atoms with Gasteiger partial charge in [-0.05, 0) is 80.1 Å². The van der Waals surface area contributed by atoms with Gasteiger partial charge in [-0.2, -0.15) is 0 Å². The fourth-order valence-corrected chi connectivity index (χ4v) is 4.20. The smallest absolute Gasteiger partial charge is 0.344 e. The summed E-state index contributed by atoms with van der Waals surface area (Å²) in [6.45, 7) is 7.64. The van der Waals surface area contributed by atoms with E-state index in [4.69, 9.17) is 9.84 Å². The van der Waals surface area contributed by atoms with Crippen molar-refractivity contribution in [3.05, 3.63) is 59.0 Å². The highest BCUT2D eigenvalue weighted by atomic mass is 32.2. The molecule has 0 saturated carbocycles. The van der Waals surface area contributed by atoms with Crippen molar-refractivity contribution in [3.63, 3.8) is 0 Å². The summed E-state index contributed by atoms with van der Waals surface area (Å²) >= 11 is 0.893. The highest BCUT2D eigenvalue weighted by molar-refractivity contribution is 8.19. The van der Waals surface area contributed by atoms with Gasteiger partial charge in [-0.1, -0.05) is 19.1 Å². The summed E-state index contributed by atoms with van der Waals surface area (Å²) < 4.78 is 5.45. The van der Waals surface area contributed by atoms with E-state index < -0.39 is 12.1 Å². The van der Waals surface area contributed by atoms with E-state index in [0.717, 1.165) is 30.5 Å². The van der Waals surface area contributed by atoms with Crippen molar-refractivity contribution in [2.24, 2.45) is 0 Å². The molecule has 1 unspecified atom stereocenters. The van der Waals surface area contributed by atoms with Crippen LogP contribution in [0.15, 0.2) is 53.4 Å². The Morgan fingerprint density at radius 2 is 1.69 bits per heavy atom. The minimum Gasteiger partial charge on any atom is -0.479 e. The van der Waals surface area contributed by atoms with Crippen molar-refractivity contribution in [1.29, 1.82) is 0 Å². The van der Waals surface area contributed by atoms with Gasteiger partial charge < -0.3 is 14.7 Å². The maximum absolute atomic E-state index is 12.9. The number of benzene rings is 2. The maximum Gasteiger partial charge on any atom is 0.344 e. The van der Waals surface area contributed by atoms with Crippen LogP contribution in [-0.4, -0.2) is 41.4 Å². The van der Waals surface area contributed by atoms with E-state index in [-0.39, 0.29) is 11.1 Å². The predicted molar refractivity (Wildman–Crippen MR) is 127 cm³/mol. The number of nitrogens with zero attached hydrogens (tertiary/aromatic N) is 2. The Morgan fingerprint density at radius 3 is 2.22 bits per heavy atom. The maximum atomic E-state index is 12.9. The number of ether oxygens (including phenoxy) is 1. The monoisotopic (exact) mass is 454 g/mol. The van der Waals surface area contributed by atoms with E-state index in [1.54, 1.807) is 49.4 Å². The fraction of sp³-hybridized carbons (Fsp3) is 0.292. The Kier molecular flexibility index (Phi) is 7.58. The van der Waals surface area contributed by atoms with Crippen LogP contribution in [0.2, 0.25) is 0 Å². The number of carbonyl (C=O) groups excluding carboxylic acids is 2. The molecule has 7 nitrogen and oxygen atoms in total. The SMILES string of the molecule is CCC(Oc1ccc(/C=C2/SC(=O)N(c3ccc(N(CC)CC)cc3)C2=O)cc1)C(=O)O. The van der Waals surface area contributed by atoms with Crippen molar-refractivity contribution < 1.29 is 24.2 Å². The number of amides is 2. The van der Waals surface area contributed by atoms with Crippen LogP contribution in [0.4, 0.5) is 16.2 Å². The van der Waals surface area contributed by atoms with Crippen molar-refractivity contribution in [2.45, 2.75) is 33.3 Å². The van der Waals surface area contributed by atoms with Crippen molar-refractivity contribution in [2.75, 3.05) is 22.9 Å². The molecule has 2 aromatic carbocycles. The first-order valence-electron chi connectivity index (χ1n) is 10.5. The Bertz CT molecular complexity index is 1010. The molecular weight excluding hydrogens is 428 g/mol. The Balaban J connectivity index is 1.74. The van der Waals surface area contributed by atoms with Gasteiger partial charge in [-0.25, -0.2) is 9.69 Å². The lowest BCUT2D eigenvalue weighted by atomic mass is 10.2. The summed E-state index contributed by atoms with van der Waals surface area (Å²) in [6.07, 6.45) is 1.08. The lowest BCUT2D eigenvalue weighted by Gasteiger charge is -2.22. The third-order valence-electron chi connectivity index (χ3n) is 5.13. The minimum absolute atomic E-state index is 0.327. The van der Waals surface area contributed by atoms with Gasteiger partial charge in [0.1, 0.15) is 5.75 Å². The van der Waals surface area contributed by atoms with Crippen LogP contribution in [0.5, 0.6) is 5.75 Å². The number of carbonyl (C=O) groups is 3. The van der Waals surface area contributed by atoms with E-state index in [2.05, 4.69) is 18.7 Å². The zero-order chi connectivity index (χ0) is 23.3. The predicted octanol–water partition coefficient (Wildman–Crippen LogP) is 5.02. The molecule has 8 heteroatoms. The molecule has 1 heterocycles. The standard InChI is InChI=1S/C24H26N2O5S/c1-4-20(23(28)29)31-19-13-7-16(8-14-19)15-21-22(27)26(24(30)32-21)18-11-9-17(10-12-18)25(5-2)6-3/h7-15,20H,4-6H2,1-3H3,(H,28,29)/b21-15+. The summed E-state index contributed by atoms with van der Waals surface area (Å²) in [5, 5.41) is 8.76. The van der Waals surface area contributed by atoms with Gasteiger partial charge in [0.2, 0.25) is 0 Å². The second-order valence-electron chi connectivity index (χ2n) is 7.13. The zero-order valence-corrected chi connectivity index (χ0v) is 19.1. The number of carboxylic acids is 1. The minimum atomic E-state index is -1.02. The van der Waals surface area contributed by atoms with Gasteiger partial charge in [-0.3, -0.25) is 9.59 Å². The van der Waals surface area contributed by atoms with Gasteiger partial charge in [0.15, 0.2) is 6.10 Å². The molecular formula is C24H26N2O5S. The average Bonchev–Trinajstić information content (AvgIpc) is 3.07. The lowest BCUT2D eigenvalue weighted by molar-refractivity contribution is -0.145. The molecule has 1 aliphatic rings. The largest absolute Gasteiger partial charge is 0.479 e. The number of rotatable bonds is 9. The topological polar surface area (TPSA) is 87.2 Å². The molecule has 0 aromatic heterocycles. The van der Waals surface area contributed by atoms with E-state index in [9.17, 15) is 14.4 Å². The molecule has 0 bridgehead atoms. The molecule has 1 aliphatic heterocycles. The fourth-order valence-electron chi connectivity index (χ4n) is 3.36. The quantitative estimate of drug-likeness (QED) is 0.533. The average molecular weight is 455 g/mol. The molecule has 3 rings (SSSR count). The first-order chi connectivity index (χ1) is 15.4. The van der Waals surface area contributed by atoms with Gasteiger partial charge >= 0.3 is 5.97 Å². The molecule has 1 fully saturated rings. The summed E-state index contributed by atoms with van der Waals surface area (Å²) in [6, 6.07) is 14.1.